The first-order valence-corrected chi connectivity index (χ1v) is 5.36. The Balaban J connectivity index is 2.42. The Morgan fingerprint density at radius 2 is 2.39 bits per heavy atom. The third kappa shape index (κ3) is 1.88. The van der Waals surface area contributed by atoms with Crippen LogP contribution in [0.5, 0.6) is 0 Å². The number of ether oxygens (including phenoxy) is 1. The van der Waals surface area contributed by atoms with Crippen LogP contribution < -0.4 is 11.4 Å². The number of aromatic nitrogens is 2. The highest BCUT2D eigenvalue weighted by atomic mass is 19.1. The van der Waals surface area contributed by atoms with Crippen LogP contribution in [0.25, 0.3) is 0 Å². The maximum absolute atomic E-state index is 14.4. The van der Waals surface area contributed by atoms with Gasteiger partial charge in [-0.05, 0) is 13.0 Å². The molecule has 0 aliphatic carbocycles. The minimum atomic E-state index is -2.21. The molecule has 0 saturated carbocycles. The normalized spacial score (nSPS) is 35.9. The van der Waals surface area contributed by atoms with Crippen molar-refractivity contribution in [2.24, 2.45) is 0 Å². The number of nitrogens with two attached hydrogens (primary N) is 1. The molecule has 2 heterocycles. The quantitative estimate of drug-likeness (QED) is 0.615. The highest BCUT2D eigenvalue weighted by Crippen LogP contribution is 2.40. The van der Waals surface area contributed by atoms with Gasteiger partial charge in [-0.15, -0.1) is 0 Å². The second-order valence-electron chi connectivity index (χ2n) is 4.35. The van der Waals surface area contributed by atoms with Gasteiger partial charge >= 0.3 is 5.69 Å². The average molecular weight is 259 g/mol. The van der Waals surface area contributed by atoms with E-state index in [-0.39, 0.29) is 5.82 Å². The molecule has 4 N–H and O–H groups in total. The fourth-order valence-corrected chi connectivity index (χ4v) is 1.97. The van der Waals surface area contributed by atoms with Crippen LogP contribution in [0.1, 0.15) is 13.2 Å². The van der Waals surface area contributed by atoms with Gasteiger partial charge in [0, 0.05) is 6.20 Å². The van der Waals surface area contributed by atoms with Crippen molar-refractivity contribution in [3.05, 3.63) is 22.7 Å². The average Bonchev–Trinajstić information content (AvgIpc) is 2.52. The van der Waals surface area contributed by atoms with Crippen LogP contribution in [0.15, 0.2) is 17.1 Å². The minimum absolute atomic E-state index is 0.00839. The number of halogens is 1. The summed E-state index contributed by atoms with van der Waals surface area (Å²) in [5, 5.41) is 18.6. The zero-order valence-corrected chi connectivity index (χ0v) is 9.65. The molecule has 0 radical (unpaired) electrons. The highest BCUT2D eigenvalue weighted by molar-refractivity contribution is 5.23. The third-order valence-electron chi connectivity index (χ3n) is 3.00. The molecule has 18 heavy (non-hydrogen) atoms. The number of rotatable bonds is 2. The monoisotopic (exact) mass is 259 g/mol. The number of aliphatic hydroxyl groups is 2. The number of alkyl halides is 1. The SMILES string of the molecule is CC1(F)[C@H](O)[C@@H](CO)O[C@H]1n1ccc(N)nc1=O. The van der Waals surface area contributed by atoms with Gasteiger partial charge in [0.05, 0.1) is 6.61 Å². The molecule has 1 unspecified atom stereocenters. The van der Waals surface area contributed by atoms with Gasteiger partial charge in [0.15, 0.2) is 11.9 Å². The van der Waals surface area contributed by atoms with Gasteiger partial charge in [0.2, 0.25) is 0 Å². The second-order valence-corrected chi connectivity index (χ2v) is 4.35. The van der Waals surface area contributed by atoms with Crippen molar-refractivity contribution in [1.82, 2.24) is 9.55 Å². The zero-order chi connectivity index (χ0) is 13.5. The summed E-state index contributed by atoms with van der Waals surface area (Å²) in [6.45, 7) is 0.551. The minimum Gasteiger partial charge on any atom is -0.394 e. The van der Waals surface area contributed by atoms with E-state index >= 15 is 0 Å². The van der Waals surface area contributed by atoms with E-state index in [9.17, 15) is 14.3 Å². The lowest BCUT2D eigenvalue weighted by Gasteiger charge is -2.24. The topological polar surface area (TPSA) is 111 Å². The Bertz CT molecular complexity index is 504. The van der Waals surface area contributed by atoms with Gasteiger partial charge in [-0.25, -0.2) is 9.18 Å². The summed E-state index contributed by atoms with van der Waals surface area (Å²) >= 11 is 0. The molecule has 100 valence electrons. The van der Waals surface area contributed by atoms with E-state index < -0.39 is 36.4 Å². The van der Waals surface area contributed by atoms with Crippen LogP contribution in [0, 0.1) is 0 Å². The van der Waals surface area contributed by atoms with E-state index in [1.165, 1.54) is 12.3 Å². The van der Waals surface area contributed by atoms with Crippen molar-refractivity contribution in [2.75, 3.05) is 12.3 Å². The molecular weight excluding hydrogens is 245 g/mol. The Labute approximate surface area is 102 Å². The molecule has 0 amide bonds. The molecule has 8 heteroatoms. The number of hydrogen-bond donors (Lipinski definition) is 3. The van der Waals surface area contributed by atoms with E-state index in [1.807, 2.05) is 0 Å². The number of hydrogen-bond acceptors (Lipinski definition) is 6. The molecule has 1 aliphatic rings. The van der Waals surface area contributed by atoms with E-state index in [1.54, 1.807) is 0 Å². The maximum atomic E-state index is 14.4. The molecule has 1 aliphatic heterocycles. The second kappa shape index (κ2) is 4.30. The molecule has 1 aromatic rings. The van der Waals surface area contributed by atoms with Gasteiger partial charge in [-0.2, -0.15) is 4.98 Å². The number of nitrogens with zero attached hydrogens (tertiary/aromatic N) is 2. The first kappa shape index (κ1) is 12.9. The summed E-state index contributed by atoms with van der Waals surface area (Å²) in [6, 6.07) is 1.32. The summed E-state index contributed by atoms with van der Waals surface area (Å²) in [7, 11) is 0. The van der Waals surface area contributed by atoms with Crippen LogP contribution >= 0.6 is 0 Å². The fraction of sp³-hybridized carbons (Fsp3) is 0.600. The summed E-state index contributed by atoms with van der Waals surface area (Å²) in [6.07, 6.45) is -2.74. The standard InChI is InChI=1S/C10H14FN3O4/c1-10(11)7(16)5(4-15)18-8(10)14-3-2-6(12)13-9(14)17/h2-3,5,7-8,15-16H,4H2,1H3,(H2,12,13,17)/t5-,7-,8-,10?/m1/s1. The zero-order valence-electron chi connectivity index (χ0n) is 9.65. The molecule has 7 nitrogen and oxygen atoms in total. The van der Waals surface area contributed by atoms with E-state index in [2.05, 4.69) is 4.98 Å². The molecule has 1 saturated heterocycles. The van der Waals surface area contributed by atoms with E-state index in [0.717, 1.165) is 11.5 Å². The molecular formula is C10H14FN3O4. The summed E-state index contributed by atoms with van der Waals surface area (Å²) in [5.41, 5.74) is 2.33. The van der Waals surface area contributed by atoms with Gasteiger partial charge in [0.25, 0.3) is 0 Å². The van der Waals surface area contributed by atoms with Crippen molar-refractivity contribution in [3.63, 3.8) is 0 Å². The lowest BCUT2D eigenvalue weighted by Crippen LogP contribution is -2.42. The molecule has 1 fully saturated rings. The predicted octanol–water partition coefficient (Wildman–Crippen LogP) is -1.20. The Hall–Kier alpha value is -1.51. The fourth-order valence-electron chi connectivity index (χ4n) is 1.97. The number of aliphatic hydroxyl groups excluding tert-OH is 2. The van der Waals surface area contributed by atoms with Crippen LogP contribution in [-0.4, -0.2) is 44.2 Å². The smallest absolute Gasteiger partial charge is 0.351 e. The molecule has 0 bridgehead atoms. The first-order valence-electron chi connectivity index (χ1n) is 5.36. The summed E-state index contributed by atoms with van der Waals surface area (Å²) in [4.78, 5) is 15.1. The molecule has 1 aromatic heterocycles. The van der Waals surface area contributed by atoms with Crippen LogP contribution in [0.4, 0.5) is 10.2 Å². The molecule has 0 aromatic carbocycles. The Kier molecular flexibility index (Phi) is 3.09. The lowest BCUT2D eigenvalue weighted by molar-refractivity contribution is -0.0610. The molecule has 2 rings (SSSR count). The van der Waals surface area contributed by atoms with Crippen molar-refractivity contribution in [2.45, 2.75) is 31.0 Å². The molecule has 4 atom stereocenters. The van der Waals surface area contributed by atoms with E-state index in [0.29, 0.717) is 0 Å². The maximum Gasteiger partial charge on any atom is 0.351 e. The van der Waals surface area contributed by atoms with Crippen molar-refractivity contribution in [3.8, 4) is 0 Å². The number of nitrogen functional groups attached to an aromatic ring is 1. The van der Waals surface area contributed by atoms with Gasteiger partial charge in [-0.3, -0.25) is 4.57 Å². The van der Waals surface area contributed by atoms with Crippen LogP contribution in [-0.2, 0) is 4.74 Å². The van der Waals surface area contributed by atoms with Crippen molar-refractivity contribution >= 4 is 5.82 Å². The predicted molar refractivity (Wildman–Crippen MR) is 59.4 cm³/mol. The summed E-state index contributed by atoms with van der Waals surface area (Å²) in [5.74, 6) is 0.00839. The van der Waals surface area contributed by atoms with Gasteiger partial charge in [0.1, 0.15) is 18.0 Å². The Morgan fingerprint density at radius 1 is 1.72 bits per heavy atom. The van der Waals surface area contributed by atoms with Crippen LogP contribution in [0.3, 0.4) is 0 Å². The highest BCUT2D eigenvalue weighted by Gasteiger charge is 2.55. The van der Waals surface area contributed by atoms with E-state index in [4.69, 9.17) is 15.6 Å². The van der Waals surface area contributed by atoms with Gasteiger partial charge < -0.3 is 20.7 Å². The lowest BCUT2D eigenvalue weighted by atomic mass is 9.98. The summed E-state index contributed by atoms with van der Waals surface area (Å²) < 4.78 is 20.4. The Morgan fingerprint density at radius 3 is 2.89 bits per heavy atom. The van der Waals surface area contributed by atoms with Crippen molar-refractivity contribution < 1.29 is 19.3 Å². The van der Waals surface area contributed by atoms with Crippen molar-refractivity contribution in [1.29, 1.82) is 0 Å². The first-order chi connectivity index (χ1) is 8.37. The van der Waals surface area contributed by atoms with Crippen LogP contribution in [0.2, 0.25) is 0 Å². The number of anilines is 1. The van der Waals surface area contributed by atoms with Gasteiger partial charge in [-0.1, -0.05) is 0 Å². The largest absolute Gasteiger partial charge is 0.394 e. The third-order valence-corrected chi connectivity index (χ3v) is 3.00. The molecule has 0 spiro atoms.